The largest absolute Gasteiger partial charge is 0.397 e. The number of aliphatic hydroxyl groups is 2. The topological polar surface area (TPSA) is 116 Å². The molecule has 0 radical (unpaired) electrons. The molecule has 1 aromatic carbocycles. The van der Waals surface area contributed by atoms with Crippen molar-refractivity contribution in [2.75, 3.05) is 38.4 Å². The van der Waals surface area contributed by atoms with Crippen molar-refractivity contribution >= 4 is 21.4 Å². The molecule has 1 rings (SSSR count). The molecule has 0 atom stereocenters. The molecule has 8 heteroatoms. The molecule has 21 heavy (non-hydrogen) atoms. The van der Waals surface area contributed by atoms with Crippen LogP contribution in [0, 0.1) is 0 Å². The van der Waals surface area contributed by atoms with Crippen molar-refractivity contribution in [1.29, 1.82) is 0 Å². The number of nitrogens with one attached hydrogen (secondary N) is 1. The molecule has 0 heterocycles. The van der Waals surface area contributed by atoms with Gasteiger partial charge in [0.1, 0.15) is 0 Å². The summed E-state index contributed by atoms with van der Waals surface area (Å²) in [6.45, 7) is 1.20. The number of nitrogens with two attached hydrogens (primary N) is 1. The average molecular weight is 317 g/mol. The van der Waals surface area contributed by atoms with Crippen molar-refractivity contribution in [3.8, 4) is 0 Å². The third kappa shape index (κ3) is 3.65. The second-order valence-electron chi connectivity index (χ2n) is 5.11. The van der Waals surface area contributed by atoms with Gasteiger partial charge >= 0.3 is 0 Å². The fourth-order valence-corrected chi connectivity index (χ4v) is 2.67. The Morgan fingerprint density at radius 2 is 1.86 bits per heavy atom. The van der Waals surface area contributed by atoms with Gasteiger partial charge in [0.2, 0.25) is 10.0 Å². The summed E-state index contributed by atoms with van der Waals surface area (Å²) < 4.78 is 25.4. The van der Waals surface area contributed by atoms with E-state index in [1.54, 1.807) is 6.92 Å². The van der Waals surface area contributed by atoms with Gasteiger partial charge in [-0.15, -0.1) is 0 Å². The normalized spacial score (nSPS) is 12.7. The summed E-state index contributed by atoms with van der Waals surface area (Å²) in [6, 6.07) is 4.30. The predicted octanol–water partition coefficient (Wildman–Crippen LogP) is 0.0644. The lowest BCUT2D eigenvalue weighted by Gasteiger charge is -2.31. The van der Waals surface area contributed by atoms with E-state index in [4.69, 9.17) is 5.73 Å². The van der Waals surface area contributed by atoms with Crippen molar-refractivity contribution < 1.29 is 18.6 Å². The van der Waals surface area contributed by atoms with Crippen LogP contribution < -0.4 is 11.1 Å². The van der Waals surface area contributed by atoms with Crippen LogP contribution in [-0.4, -0.2) is 55.8 Å². The molecule has 0 spiro atoms. The zero-order chi connectivity index (χ0) is 16.3. The van der Waals surface area contributed by atoms with Crippen LogP contribution in [0.1, 0.15) is 13.3 Å². The third-order valence-electron chi connectivity index (χ3n) is 3.49. The molecule has 0 amide bonds. The number of sulfonamides is 1. The highest BCUT2D eigenvalue weighted by molar-refractivity contribution is 7.89. The minimum Gasteiger partial charge on any atom is -0.397 e. The second-order valence-corrected chi connectivity index (χ2v) is 7.26. The highest BCUT2D eigenvalue weighted by Gasteiger charge is 2.28. The maximum atomic E-state index is 12.1. The number of aliphatic hydroxyl groups excluding tert-OH is 2. The Balaban J connectivity index is 3.26. The summed E-state index contributed by atoms with van der Waals surface area (Å²) in [6.07, 6.45) is 0.449. The molecule has 120 valence electrons. The number of rotatable bonds is 7. The van der Waals surface area contributed by atoms with Crippen molar-refractivity contribution in [3.05, 3.63) is 18.2 Å². The van der Waals surface area contributed by atoms with E-state index in [1.165, 1.54) is 32.3 Å². The van der Waals surface area contributed by atoms with Crippen molar-refractivity contribution in [3.63, 3.8) is 0 Å². The number of benzene rings is 1. The average Bonchev–Trinajstić information content (AvgIpc) is 2.46. The van der Waals surface area contributed by atoms with Crippen LogP contribution in [0.15, 0.2) is 23.1 Å². The molecule has 0 aliphatic carbocycles. The first kappa shape index (κ1) is 17.7. The maximum Gasteiger partial charge on any atom is 0.242 e. The van der Waals surface area contributed by atoms with Crippen LogP contribution >= 0.6 is 0 Å². The standard InChI is InChI=1S/C13H23N3O4S/c1-4-13(8-17,9-18)15-12-7-10(5-6-11(12)14)21(19,20)16(2)3/h5-7,15,17-18H,4,8-9,14H2,1-3H3. The Morgan fingerprint density at radius 3 is 2.29 bits per heavy atom. The molecule has 5 N–H and O–H groups in total. The van der Waals surface area contributed by atoms with Gasteiger partial charge in [-0.3, -0.25) is 0 Å². The molecule has 0 saturated carbocycles. The number of anilines is 2. The Bertz CT molecular complexity index is 575. The summed E-state index contributed by atoms with van der Waals surface area (Å²) in [7, 11) is -0.697. The van der Waals surface area contributed by atoms with Gasteiger partial charge in [-0.25, -0.2) is 12.7 Å². The van der Waals surface area contributed by atoms with Gasteiger partial charge in [0, 0.05) is 14.1 Å². The van der Waals surface area contributed by atoms with Crippen LogP contribution in [0.3, 0.4) is 0 Å². The fourth-order valence-electron chi connectivity index (χ4n) is 1.74. The lowest BCUT2D eigenvalue weighted by molar-refractivity contribution is 0.132. The van der Waals surface area contributed by atoms with Gasteiger partial charge in [-0.05, 0) is 24.6 Å². The van der Waals surface area contributed by atoms with E-state index in [9.17, 15) is 18.6 Å². The molecule has 1 aromatic rings. The molecule has 0 fully saturated rings. The minimum absolute atomic E-state index is 0.0880. The first-order chi connectivity index (χ1) is 9.72. The summed E-state index contributed by atoms with van der Waals surface area (Å²) in [5.74, 6) is 0. The molecule has 0 unspecified atom stereocenters. The number of nitrogens with zero attached hydrogens (tertiary/aromatic N) is 1. The lowest BCUT2D eigenvalue weighted by atomic mass is 9.98. The molecule has 0 aromatic heterocycles. The maximum absolute atomic E-state index is 12.1. The molecule has 7 nitrogen and oxygen atoms in total. The van der Waals surface area contributed by atoms with E-state index in [-0.39, 0.29) is 18.1 Å². The van der Waals surface area contributed by atoms with Gasteiger partial charge < -0.3 is 21.3 Å². The van der Waals surface area contributed by atoms with Crippen LogP contribution in [-0.2, 0) is 10.0 Å². The van der Waals surface area contributed by atoms with Crippen molar-refractivity contribution in [2.45, 2.75) is 23.8 Å². The first-order valence-corrected chi connectivity index (χ1v) is 7.98. The molecule has 0 aliphatic rings. The highest BCUT2D eigenvalue weighted by Crippen LogP contribution is 2.28. The van der Waals surface area contributed by atoms with Crippen molar-refractivity contribution in [1.82, 2.24) is 4.31 Å². The van der Waals surface area contributed by atoms with E-state index in [0.29, 0.717) is 17.8 Å². The SMILES string of the molecule is CCC(CO)(CO)Nc1cc(S(=O)(=O)N(C)C)ccc1N. The number of nitrogen functional groups attached to an aromatic ring is 1. The van der Waals surface area contributed by atoms with Gasteiger partial charge in [-0.2, -0.15) is 0 Å². The quantitative estimate of drug-likeness (QED) is 0.529. The van der Waals surface area contributed by atoms with Gasteiger partial charge in [-0.1, -0.05) is 6.92 Å². The summed E-state index contributed by atoms with van der Waals surface area (Å²) >= 11 is 0. The predicted molar refractivity (Wildman–Crippen MR) is 82.5 cm³/mol. The molecular formula is C13H23N3O4S. The van der Waals surface area contributed by atoms with Crippen LogP contribution in [0.2, 0.25) is 0 Å². The van der Waals surface area contributed by atoms with Gasteiger partial charge in [0.05, 0.1) is 35.0 Å². The fraction of sp³-hybridized carbons (Fsp3) is 0.538. The monoisotopic (exact) mass is 317 g/mol. The first-order valence-electron chi connectivity index (χ1n) is 6.54. The van der Waals surface area contributed by atoms with E-state index < -0.39 is 15.6 Å². The molecule has 0 aliphatic heterocycles. The van der Waals surface area contributed by atoms with E-state index in [2.05, 4.69) is 5.32 Å². The third-order valence-corrected chi connectivity index (χ3v) is 5.30. The van der Waals surface area contributed by atoms with E-state index in [1.807, 2.05) is 0 Å². The zero-order valence-corrected chi connectivity index (χ0v) is 13.3. The molecule has 0 saturated heterocycles. The molecule has 0 bridgehead atoms. The van der Waals surface area contributed by atoms with E-state index >= 15 is 0 Å². The lowest BCUT2D eigenvalue weighted by Crippen LogP contribution is -2.45. The highest BCUT2D eigenvalue weighted by atomic mass is 32.2. The Labute approximate surface area is 125 Å². The smallest absolute Gasteiger partial charge is 0.242 e. The molecular weight excluding hydrogens is 294 g/mol. The van der Waals surface area contributed by atoms with Gasteiger partial charge in [0.25, 0.3) is 0 Å². The summed E-state index contributed by atoms with van der Waals surface area (Å²) in [5.41, 5.74) is 5.60. The van der Waals surface area contributed by atoms with Gasteiger partial charge in [0.15, 0.2) is 0 Å². The van der Waals surface area contributed by atoms with E-state index in [0.717, 1.165) is 4.31 Å². The van der Waals surface area contributed by atoms with Crippen LogP contribution in [0.4, 0.5) is 11.4 Å². The van der Waals surface area contributed by atoms with Crippen LogP contribution in [0.5, 0.6) is 0 Å². The number of hydrogen-bond donors (Lipinski definition) is 4. The summed E-state index contributed by atoms with van der Waals surface area (Å²) in [5, 5.41) is 21.9. The Morgan fingerprint density at radius 1 is 1.29 bits per heavy atom. The number of hydrogen-bond acceptors (Lipinski definition) is 6. The zero-order valence-electron chi connectivity index (χ0n) is 12.5. The summed E-state index contributed by atoms with van der Waals surface area (Å²) in [4.78, 5) is 0.0880. The second kappa shape index (κ2) is 6.61. The van der Waals surface area contributed by atoms with Crippen molar-refractivity contribution in [2.24, 2.45) is 0 Å². The Kier molecular flexibility index (Phi) is 5.57. The minimum atomic E-state index is -3.58. The Hall–Kier alpha value is -1.35. The van der Waals surface area contributed by atoms with Crippen LogP contribution in [0.25, 0.3) is 0 Å².